The van der Waals surface area contributed by atoms with Crippen molar-refractivity contribution in [2.45, 2.75) is 25.8 Å². The van der Waals surface area contributed by atoms with Gasteiger partial charge in [-0.3, -0.25) is 14.7 Å². The van der Waals surface area contributed by atoms with Gasteiger partial charge < -0.3 is 10.2 Å². The van der Waals surface area contributed by atoms with Gasteiger partial charge in [0.2, 0.25) is 0 Å². The molecule has 2 aromatic heterocycles. The predicted molar refractivity (Wildman–Crippen MR) is 109 cm³/mol. The molecule has 7 heteroatoms. The Balaban J connectivity index is 1.43. The summed E-state index contributed by atoms with van der Waals surface area (Å²) in [7, 11) is 0. The molecule has 4 rings (SSSR count). The molecule has 0 spiro atoms. The quantitative estimate of drug-likeness (QED) is 0.702. The molecule has 1 saturated heterocycles. The molecule has 1 unspecified atom stereocenters. The van der Waals surface area contributed by atoms with E-state index in [1.807, 2.05) is 54.3 Å². The third kappa shape index (κ3) is 4.03. The second-order valence-corrected chi connectivity index (χ2v) is 7.19. The molecule has 1 aliphatic heterocycles. The van der Waals surface area contributed by atoms with E-state index in [0.29, 0.717) is 24.5 Å². The van der Waals surface area contributed by atoms with Crippen LogP contribution in [0.25, 0.3) is 11.1 Å². The number of nitrogens with zero attached hydrogens (tertiary/aromatic N) is 3. The summed E-state index contributed by atoms with van der Waals surface area (Å²) in [5.74, 6) is -0.314. The maximum absolute atomic E-state index is 12.9. The highest BCUT2D eigenvalue weighted by Gasteiger charge is 2.30. The Morgan fingerprint density at radius 2 is 2.00 bits per heavy atom. The van der Waals surface area contributed by atoms with Crippen LogP contribution in [-0.4, -0.2) is 51.0 Å². The fourth-order valence-electron chi connectivity index (χ4n) is 3.72. The van der Waals surface area contributed by atoms with E-state index in [4.69, 9.17) is 0 Å². The normalized spacial score (nSPS) is 16.0. The molecular weight excluding hydrogens is 366 g/mol. The third-order valence-corrected chi connectivity index (χ3v) is 5.19. The number of carbonyl (C=O) groups excluding carboxylic acids is 2. The van der Waals surface area contributed by atoms with Gasteiger partial charge in [0, 0.05) is 30.4 Å². The number of likely N-dealkylation sites (tertiary alicyclic amines) is 1. The van der Waals surface area contributed by atoms with Crippen molar-refractivity contribution in [1.82, 2.24) is 25.4 Å². The number of rotatable bonds is 5. The summed E-state index contributed by atoms with van der Waals surface area (Å²) >= 11 is 0. The van der Waals surface area contributed by atoms with Crippen molar-refractivity contribution >= 4 is 11.8 Å². The predicted octanol–water partition coefficient (Wildman–Crippen LogP) is 2.81. The molecular formula is C22H23N5O2. The Bertz CT molecular complexity index is 1010. The van der Waals surface area contributed by atoms with Gasteiger partial charge in [-0.25, -0.2) is 4.98 Å². The molecule has 3 heterocycles. The molecule has 3 aromatic rings. The van der Waals surface area contributed by atoms with Crippen molar-refractivity contribution in [2.75, 3.05) is 13.1 Å². The lowest BCUT2D eigenvalue weighted by Gasteiger charge is -2.24. The van der Waals surface area contributed by atoms with Gasteiger partial charge in [0.1, 0.15) is 11.4 Å². The van der Waals surface area contributed by atoms with Crippen molar-refractivity contribution in [3.63, 3.8) is 0 Å². The van der Waals surface area contributed by atoms with Crippen LogP contribution in [0.1, 0.15) is 39.5 Å². The average Bonchev–Trinajstić information content (AvgIpc) is 3.42. The van der Waals surface area contributed by atoms with Crippen molar-refractivity contribution in [1.29, 1.82) is 0 Å². The van der Waals surface area contributed by atoms with Gasteiger partial charge in [-0.15, -0.1) is 0 Å². The van der Waals surface area contributed by atoms with Gasteiger partial charge in [-0.2, -0.15) is 5.10 Å². The number of aryl methyl sites for hydroxylation is 1. The number of pyridine rings is 1. The van der Waals surface area contributed by atoms with Crippen LogP contribution in [0, 0.1) is 6.92 Å². The number of amides is 2. The smallest absolute Gasteiger partial charge is 0.272 e. The number of H-pyrrole nitrogens is 1. The highest BCUT2D eigenvalue weighted by molar-refractivity contribution is 5.99. The van der Waals surface area contributed by atoms with E-state index in [0.717, 1.165) is 29.7 Å². The molecule has 7 nitrogen and oxygen atoms in total. The number of hydrogen-bond donors (Lipinski definition) is 2. The summed E-state index contributed by atoms with van der Waals surface area (Å²) in [4.78, 5) is 31.8. The van der Waals surface area contributed by atoms with Crippen LogP contribution < -0.4 is 5.32 Å². The maximum atomic E-state index is 12.9. The van der Waals surface area contributed by atoms with E-state index in [-0.39, 0.29) is 17.9 Å². The zero-order chi connectivity index (χ0) is 20.2. The molecule has 1 fully saturated rings. The van der Waals surface area contributed by atoms with E-state index in [9.17, 15) is 9.59 Å². The first-order valence-electron chi connectivity index (χ1n) is 9.75. The molecule has 1 atom stereocenters. The van der Waals surface area contributed by atoms with Gasteiger partial charge in [0.05, 0.1) is 6.20 Å². The molecule has 0 bridgehead atoms. The van der Waals surface area contributed by atoms with Crippen LogP contribution in [0.2, 0.25) is 0 Å². The van der Waals surface area contributed by atoms with Crippen LogP contribution in [0.15, 0.2) is 54.7 Å². The number of hydrogen-bond acceptors (Lipinski definition) is 4. The fraction of sp³-hybridized carbons (Fsp3) is 0.273. The topological polar surface area (TPSA) is 91.0 Å². The number of nitrogens with one attached hydrogen (secondary N) is 2. The minimum atomic E-state index is -0.227. The van der Waals surface area contributed by atoms with Crippen molar-refractivity contribution in [3.8, 4) is 11.1 Å². The minimum absolute atomic E-state index is 0.0446. The highest BCUT2D eigenvalue weighted by Crippen LogP contribution is 2.22. The lowest BCUT2D eigenvalue weighted by atomic mass is 10.1. The lowest BCUT2D eigenvalue weighted by Crippen LogP contribution is -2.43. The second-order valence-electron chi connectivity index (χ2n) is 7.19. The van der Waals surface area contributed by atoms with Crippen LogP contribution in [0.3, 0.4) is 0 Å². The number of carbonyl (C=O) groups is 2. The summed E-state index contributed by atoms with van der Waals surface area (Å²) in [6, 6.07) is 15.0. The molecule has 0 aliphatic carbocycles. The van der Waals surface area contributed by atoms with E-state index >= 15 is 0 Å². The number of aromatic nitrogens is 3. The van der Waals surface area contributed by atoms with Crippen molar-refractivity contribution in [3.05, 3.63) is 71.8 Å². The molecule has 1 aliphatic rings. The average molecular weight is 389 g/mol. The van der Waals surface area contributed by atoms with E-state index in [1.165, 1.54) is 0 Å². The standard InChI is InChI=1S/C22H23N5O2/c1-15-7-5-11-19(25-15)22(29)27-12-6-10-17(27)13-23-21(28)20-18(14-24-26-20)16-8-3-2-4-9-16/h2-5,7-9,11,14,17H,6,10,12-13H2,1H3,(H,23,28)(H,24,26). The SMILES string of the molecule is Cc1cccc(C(=O)N2CCCC2CNC(=O)c2[nH]ncc2-c2ccccc2)n1. The molecule has 0 saturated carbocycles. The first kappa shape index (κ1) is 18.9. The Labute approximate surface area is 169 Å². The number of benzene rings is 1. The zero-order valence-corrected chi connectivity index (χ0v) is 16.3. The first-order valence-corrected chi connectivity index (χ1v) is 9.75. The zero-order valence-electron chi connectivity index (χ0n) is 16.3. The van der Waals surface area contributed by atoms with E-state index < -0.39 is 0 Å². The molecule has 1 aromatic carbocycles. The van der Waals surface area contributed by atoms with Crippen LogP contribution in [-0.2, 0) is 0 Å². The maximum Gasteiger partial charge on any atom is 0.272 e. The lowest BCUT2D eigenvalue weighted by molar-refractivity contribution is 0.0719. The van der Waals surface area contributed by atoms with Gasteiger partial charge in [0.15, 0.2) is 0 Å². The molecule has 0 radical (unpaired) electrons. The Kier molecular flexibility index (Phi) is 5.37. The summed E-state index contributed by atoms with van der Waals surface area (Å²) in [5, 5.41) is 9.79. The number of aromatic amines is 1. The van der Waals surface area contributed by atoms with E-state index in [2.05, 4.69) is 20.5 Å². The van der Waals surface area contributed by atoms with Gasteiger partial charge in [-0.05, 0) is 37.5 Å². The Hall–Kier alpha value is -3.48. The largest absolute Gasteiger partial charge is 0.349 e. The fourth-order valence-corrected chi connectivity index (χ4v) is 3.72. The minimum Gasteiger partial charge on any atom is -0.349 e. The van der Waals surface area contributed by atoms with Gasteiger partial charge in [-0.1, -0.05) is 36.4 Å². The summed E-state index contributed by atoms with van der Waals surface area (Å²) in [6.07, 6.45) is 3.42. The third-order valence-electron chi connectivity index (χ3n) is 5.19. The molecule has 2 N–H and O–H groups in total. The molecule has 148 valence electrons. The summed E-state index contributed by atoms with van der Waals surface area (Å²) in [6.45, 7) is 2.94. The first-order chi connectivity index (χ1) is 14.1. The van der Waals surface area contributed by atoms with Crippen LogP contribution in [0.4, 0.5) is 0 Å². The summed E-state index contributed by atoms with van der Waals surface area (Å²) < 4.78 is 0. The molecule has 29 heavy (non-hydrogen) atoms. The Morgan fingerprint density at radius 1 is 1.17 bits per heavy atom. The van der Waals surface area contributed by atoms with Crippen molar-refractivity contribution in [2.24, 2.45) is 0 Å². The highest BCUT2D eigenvalue weighted by atomic mass is 16.2. The molecule has 2 amide bonds. The van der Waals surface area contributed by atoms with E-state index in [1.54, 1.807) is 12.3 Å². The van der Waals surface area contributed by atoms with Gasteiger partial charge >= 0.3 is 0 Å². The monoisotopic (exact) mass is 389 g/mol. The second kappa shape index (κ2) is 8.26. The summed E-state index contributed by atoms with van der Waals surface area (Å²) in [5.41, 5.74) is 3.36. The van der Waals surface area contributed by atoms with Crippen LogP contribution in [0.5, 0.6) is 0 Å². The van der Waals surface area contributed by atoms with Crippen molar-refractivity contribution < 1.29 is 9.59 Å². The van der Waals surface area contributed by atoms with Crippen LogP contribution >= 0.6 is 0 Å². The van der Waals surface area contributed by atoms with Gasteiger partial charge in [0.25, 0.3) is 11.8 Å². The Morgan fingerprint density at radius 3 is 2.79 bits per heavy atom.